The Balaban J connectivity index is 1.57. The van der Waals surface area contributed by atoms with E-state index in [-0.39, 0.29) is 17.6 Å². The van der Waals surface area contributed by atoms with Gasteiger partial charge in [-0.3, -0.25) is 14.9 Å². The molecule has 0 aliphatic carbocycles. The molecule has 0 radical (unpaired) electrons. The Morgan fingerprint density at radius 1 is 0.968 bits per heavy atom. The maximum absolute atomic E-state index is 12.6. The minimum Gasteiger partial charge on any atom is -0.483 e. The second-order valence-electron chi connectivity index (χ2n) is 6.59. The van der Waals surface area contributed by atoms with E-state index in [4.69, 9.17) is 17.0 Å². The Morgan fingerprint density at radius 2 is 1.68 bits per heavy atom. The number of hydrogen-bond donors (Lipinski definition) is 3. The second kappa shape index (κ2) is 10.7. The molecular formula is C23H20BrN3O3S. The lowest BCUT2D eigenvalue weighted by molar-refractivity contribution is -0.121. The standard InChI is InChI=1S/C23H20BrN3O3S/c1-15-11-12-20(18(24)13-15)30-14-21(28)27-23(31)26-19-10-6-5-9-17(19)22(29)25-16-7-3-2-4-8-16/h2-13H,14H2,1H3,(H,25,29)(H2,26,27,28,31). The third-order valence-electron chi connectivity index (χ3n) is 4.15. The van der Waals surface area contributed by atoms with Gasteiger partial charge in [-0.05, 0) is 77.0 Å². The van der Waals surface area contributed by atoms with Crippen molar-refractivity contribution in [2.45, 2.75) is 6.92 Å². The zero-order valence-corrected chi connectivity index (χ0v) is 19.0. The molecule has 3 rings (SSSR count). The number of rotatable bonds is 6. The number of carbonyl (C=O) groups excluding carboxylic acids is 2. The molecular weight excluding hydrogens is 478 g/mol. The Morgan fingerprint density at radius 3 is 2.42 bits per heavy atom. The third kappa shape index (κ3) is 6.63. The monoisotopic (exact) mass is 497 g/mol. The van der Waals surface area contributed by atoms with Crippen LogP contribution in [0.2, 0.25) is 0 Å². The maximum Gasteiger partial charge on any atom is 0.264 e. The van der Waals surface area contributed by atoms with Gasteiger partial charge in [-0.15, -0.1) is 0 Å². The van der Waals surface area contributed by atoms with Gasteiger partial charge in [0.2, 0.25) is 0 Å². The number of ether oxygens (including phenoxy) is 1. The van der Waals surface area contributed by atoms with Crippen LogP contribution in [0.5, 0.6) is 5.75 Å². The van der Waals surface area contributed by atoms with Crippen LogP contribution in [0.4, 0.5) is 11.4 Å². The van der Waals surface area contributed by atoms with E-state index < -0.39 is 5.91 Å². The molecule has 3 N–H and O–H groups in total. The van der Waals surface area contributed by atoms with E-state index in [0.717, 1.165) is 10.0 Å². The molecule has 3 aromatic rings. The minimum atomic E-state index is -0.420. The molecule has 0 saturated heterocycles. The summed E-state index contributed by atoms with van der Waals surface area (Å²) in [6.45, 7) is 1.75. The molecule has 0 fully saturated rings. The Labute approximate surface area is 194 Å². The SMILES string of the molecule is Cc1ccc(OCC(=O)NC(=S)Nc2ccccc2C(=O)Nc2ccccc2)c(Br)c1. The summed E-state index contributed by atoms with van der Waals surface area (Å²) < 4.78 is 6.29. The van der Waals surface area contributed by atoms with Gasteiger partial charge in [0.1, 0.15) is 5.75 Å². The van der Waals surface area contributed by atoms with Gasteiger partial charge >= 0.3 is 0 Å². The van der Waals surface area contributed by atoms with Crippen molar-refractivity contribution in [1.82, 2.24) is 5.32 Å². The van der Waals surface area contributed by atoms with E-state index in [1.54, 1.807) is 42.5 Å². The number of anilines is 2. The molecule has 0 aliphatic rings. The molecule has 0 heterocycles. The topological polar surface area (TPSA) is 79.5 Å². The van der Waals surface area contributed by atoms with Crippen LogP contribution in [-0.2, 0) is 4.79 Å². The van der Waals surface area contributed by atoms with Crippen molar-refractivity contribution in [2.75, 3.05) is 17.2 Å². The zero-order chi connectivity index (χ0) is 22.2. The molecule has 2 amide bonds. The summed E-state index contributed by atoms with van der Waals surface area (Å²) in [6.07, 6.45) is 0. The van der Waals surface area contributed by atoms with Crippen molar-refractivity contribution in [1.29, 1.82) is 0 Å². The van der Waals surface area contributed by atoms with Gasteiger partial charge in [-0.25, -0.2) is 0 Å². The fourth-order valence-corrected chi connectivity index (χ4v) is 3.52. The normalized spacial score (nSPS) is 10.1. The highest BCUT2D eigenvalue weighted by Crippen LogP contribution is 2.25. The summed E-state index contributed by atoms with van der Waals surface area (Å²) in [4.78, 5) is 24.8. The van der Waals surface area contributed by atoms with E-state index in [2.05, 4.69) is 31.9 Å². The lowest BCUT2D eigenvalue weighted by Crippen LogP contribution is -2.37. The molecule has 158 valence electrons. The Hall–Kier alpha value is -3.23. The fraction of sp³-hybridized carbons (Fsp3) is 0.0870. The highest BCUT2D eigenvalue weighted by molar-refractivity contribution is 9.10. The number of nitrogens with one attached hydrogen (secondary N) is 3. The number of hydrogen-bond acceptors (Lipinski definition) is 4. The van der Waals surface area contributed by atoms with Crippen molar-refractivity contribution < 1.29 is 14.3 Å². The maximum atomic E-state index is 12.6. The molecule has 0 spiro atoms. The van der Waals surface area contributed by atoms with Crippen molar-refractivity contribution >= 4 is 56.4 Å². The molecule has 0 saturated carbocycles. The minimum absolute atomic E-state index is 0.0662. The third-order valence-corrected chi connectivity index (χ3v) is 4.97. The summed E-state index contributed by atoms with van der Waals surface area (Å²) in [5.41, 5.74) is 2.62. The van der Waals surface area contributed by atoms with Crippen LogP contribution in [0.1, 0.15) is 15.9 Å². The smallest absolute Gasteiger partial charge is 0.264 e. The first-order chi connectivity index (χ1) is 14.9. The number of aryl methyl sites for hydroxylation is 1. The zero-order valence-electron chi connectivity index (χ0n) is 16.6. The fourth-order valence-electron chi connectivity index (χ4n) is 2.69. The van der Waals surface area contributed by atoms with Crippen molar-refractivity contribution in [3.05, 3.63) is 88.4 Å². The first kappa shape index (κ1) is 22.5. The molecule has 0 bridgehead atoms. The largest absolute Gasteiger partial charge is 0.483 e. The van der Waals surface area contributed by atoms with E-state index in [1.807, 2.05) is 37.3 Å². The van der Waals surface area contributed by atoms with Gasteiger partial charge in [0, 0.05) is 5.69 Å². The van der Waals surface area contributed by atoms with Crippen LogP contribution < -0.4 is 20.7 Å². The second-order valence-corrected chi connectivity index (χ2v) is 7.85. The van der Waals surface area contributed by atoms with Gasteiger partial charge in [0.25, 0.3) is 11.8 Å². The van der Waals surface area contributed by atoms with Gasteiger partial charge in [0.05, 0.1) is 15.7 Å². The van der Waals surface area contributed by atoms with Crippen LogP contribution in [0.15, 0.2) is 77.3 Å². The van der Waals surface area contributed by atoms with E-state index in [0.29, 0.717) is 22.7 Å². The highest BCUT2D eigenvalue weighted by Gasteiger charge is 2.14. The lowest BCUT2D eigenvalue weighted by Gasteiger charge is -2.14. The number of thiocarbonyl (C=S) groups is 1. The summed E-state index contributed by atoms with van der Waals surface area (Å²) in [7, 11) is 0. The number of benzene rings is 3. The summed E-state index contributed by atoms with van der Waals surface area (Å²) >= 11 is 8.63. The average Bonchev–Trinajstić information content (AvgIpc) is 2.74. The molecule has 0 unspecified atom stereocenters. The molecule has 3 aromatic carbocycles. The summed E-state index contributed by atoms with van der Waals surface area (Å²) in [6, 6.07) is 21.6. The molecule has 0 atom stereocenters. The average molecular weight is 498 g/mol. The molecule has 8 heteroatoms. The molecule has 0 aliphatic heterocycles. The quantitative estimate of drug-likeness (QED) is 0.422. The summed E-state index contributed by atoms with van der Waals surface area (Å²) in [5, 5.41) is 8.35. The highest BCUT2D eigenvalue weighted by atomic mass is 79.9. The lowest BCUT2D eigenvalue weighted by atomic mass is 10.1. The van der Waals surface area contributed by atoms with Crippen molar-refractivity contribution in [2.24, 2.45) is 0 Å². The molecule has 0 aromatic heterocycles. The van der Waals surface area contributed by atoms with Crippen LogP contribution in [0.3, 0.4) is 0 Å². The van der Waals surface area contributed by atoms with E-state index >= 15 is 0 Å². The van der Waals surface area contributed by atoms with Crippen molar-refractivity contribution in [3.63, 3.8) is 0 Å². The number of halogens is 1. The van der Waals surface area contributed by atoms with Crippen molar-refractivity contribution in [3.8, 4) is 5.75 Å². The number of carbonyl (C=O) groups is 2. The first-order valence-corrected chi connectivity index (χ1v) is 10.6. The van der Waals surface area contributed by atoms with Crippen LogP contribution in [-0.4, -0.2) is 23.5 Å². The predicted molar refractivity (Wildman–Crippen MR) is 130 cm³/mol. The van der Waals surface area contributed by atoms with Crippen LogP contribution in [0, 0.1) is 6.92 Å². The van der Waals surface area contributed by atoms with Gasteiger partial charge in [-0.2, -0.15) is 0 Å². The summed E-state index contributed by atoms with van der Waals surface area (Å²) in [5.74, 6) is -0.158. The Bertz CT molecular complexity index is 1110. The van der Waals surface area contributed by atoms with E-state index in [1.165, 1.54) is 0 Å². The van der Waals surface area contributed by atoms with Gasteiger partial charge in [-0.1, -0.05) is 36.4 Å². The Kier molecular flexibility index (Phi) is 7.75. The van der Waals surface area contributed by atoms with Crippen LogP contribution >= 0.6 is 28.1 Å². The number of amides is 2. The first-order valence-electron chi connectivity index (χ1n) is 9.37. The van der Waals surface area contributed by atoms with Crippen LogP contribution in [0.25, 0.3) is 0 Å². The number of para-hydroxylation sites is 2. The predicted octanol–water partition coefficient (Wildman–Crippen LogP) is 4.90. The molecule has 6 nitrogen and oxygen atoms in total. The van der Waals surface area contributed by atoms with E-state index in [9.17, 15) is 9.59 Å². The van der Waals surface area contributed by atoms with Gasteiger partial charge < -0.3 is 15.4 Å². The molecule has 31 heavy (non-hydrogen) atoms. The van der Waals surface area contributed by atoms with Gasteiger partial charge in [0.15, 0.2) is 11.7 Å².